The first-order valence-electron chi connectivity index (χ1n) is 3.50. The number of aliphatic hydroxyl groups is 2. The van der Waals surface area contributed by atoms with Crippen LogP contribution >= 0.6 is 11.3 Å². The SMILES string of the molecule is COCc1nc(C(O)CO)cs1. The summed E-state index contributed by atoms with van der Waals surface area (Å²) in [5.41, 5.74) is 0.509. The first-order valence-corrected chi connectivity index (χ1v) is 4.38. The van der Waals surface area contributed by atoms with Crippen LogP contribution < -0.4 is 0 Å². The number of methoxy groups -OCH3 is 1. The monoisotopic (exact) mass is 189 g/mol. The van der Waals surface area contributed by atoms with Gasteiger partial charge in [-0.05, 0) is 0 Å². The standard InChI is InChI=1S/C7H11NO3S/c1-11-3-7-8-5(4-12-7)6(10)2-9/h4,6,9-10H,2-3H2,1H3. The second kappa shape index (κ2) is 4.51. The summed E-state index contributed by atoms with van der Waals surface area (Å²) in [6.07, 6.45) is -0.869. The number of hydrogen-bond acceptors (Lipinski definition) is 5. The Morgan fingerprint density at radius 3 is 3.08 bits per heavy atom. The van der Waals surface area contributed by atoms with E-state index in [9.17, 15) is 0 Å². The Morgan fingerprint density at radius 2 is 2.50 bits per heavy atom. The number of rotatable bonds is 4. The summed E-state index contributed by atoms with van der Waals surface area (Å²) in [7, 11) is 1.59. The molecule has 1 unspecified atom stereocenters. The number of nitrogens with zero attached hydrogens (tertiary/aromatic N) is 1. The largest absolute Gasteiger partial charge is 0.393 e. The minimum atomic E-state index is -0.869. The Hall–Kier alpha value is -0.490. The van der Waals surface area contributed by atoms with Gasteiger partial charge in [-0.1, -0.05) is 0 Å². The average Bonchev–Trinajstić information content (AvgIpc) is 2.52. The van der Waals surface area contributed by atoms with E-state index < -0.39 is 6.10 Å². The highest BCUT2D eigenvalue weighted by Crippen LogP contribution is 2.16. The molecule has 68 valence electrons. The van der Waals surface area contributed by atoms with Crippen molar-refractivity contribution in [3.8, 4) is 0 Å². The van der Waals surface area contributed by atoms with E-state index in [-0.39, 0.29) is 6.61 Å². The van der Waals surface area contributed by atoms with Gasteiger partial charge in [-0.3, -0.25) is 0 Å². The molecule has 0 aliphatic carbocycles. The van der Waals surface area contributed by atoms with Crippen LogP contribution in [0.15, 0.2) is 5.38 Å². The maximum Gasteiger partial charge on any atom is 0.120 e. The van der Waals surface area contributed by atoms with Crippen LogP contribution in [0.25, 0.3) is 0 Å². The van der Waals surface area contributed by atoms with Crippen molar-refractivity contribution in [2.45, 2.75) is 12.7 Å². The van der Waals surface area contributed by atoms with Crippen molar-refractivity contribution < 1.29 is 14.9 Å². The van der Waals surface area contributed by atoms with Crippen LogP contribution in [0.5, 0.6) is 0 Å². The molecule has 0 aromatic carbocycles. The van der Waals surface area contributed by atoms with Crippen molar-refractivity contribution in [3.63, 3.8) is 0 Å². The average molecular weight is 189 g/mol. The molecule has 0 aliphatic rings. The van der Waals surface area contributed by atoms with E-state index in [1.54, 1.807) is 12.5 Å². The van der Waals surface area contributed by atoms with E-state index in [0.717, 1.165) is 5.01 Å². The molecule has 0 amide bonds. The number of hydrogen-bond donors (Lipinski definition) is 2. The molecule has 1 atom stereocenters. The topological polar surface area (TPSA) is 62.6 Å². The van der Waals surface area contributed by atoms with Crippen molar-refractivity contribution in [2.24, 2.45) is 0 Å². The summed E-state index contributed by atoms with van der Waals surface area (Å²) in [6.45, 7) is 0.152. The van der Waals surface area contributed by atoms with E-state index in [1.165, 1.54) is 11.3 Å². The molecule has 0 saturated carbocycles. The van der Waals surface area contributed by atoms with Gasteiger partial charge in [0.15, 0.2) is 0 Å². The van der Waals surface area contributed by atoms with Crippen LogP contribution in [0.2, 0.25) is 0 Å². The molecule has 0 saturated heterocycles. The molecule has 2 N–H and O–H groups in total. The van der Waals surface area contributed by atoms with Crippen LogP contribution in [-0.2, 0) is 11.3 Å². The summed E-state index contributed by atoms with van der Waals surface area (Å²) in [6, 6.07) is 0. The van der Waals surface area contributed by atoms with Crippen molar-refractivity contribution >= 4 is 11.3 Å². The maximum atomic E-state index is 9.16. The smallest absolute Gasteiger partial charge is 0.120 e. The molecule has 0 fully saturated rings. The number of ether oxygens (including phenoxy) is 1. The molecule has 1 heterocycles. The summed E-state index contributed by atoms with van der Waals surface area (Å²) >= 11 is 1.41. The van der Waals surface area contributed by atoms with Gasteiger partial charge in [0.1, 0.15) is 11.1 Å². The molecule has 5 heteroatoms. The van der Waals surface area contributed by atoms with Gasteiger partial charge >= 0.3 is 0 Å². The van der Waals surface area contributed by atoms with Crippen molar-refractivity contribution in [1.82, 2.24) is 4.98 Å². The highest BCUT2D eigenvalue weighted by Gasteiger charge is 2.09. The van der Waals surface area contributed by atoms with Gasteiger partial charge in [-0.15, -0.1) is 11.3 Å². The van der Waals surface area contributed by atoms with Crippen LogP contribution in [0.4, 0.5) is 0 Å². The van der Waals surface area contributed by atoms with Crippen LogP contribution in [-0.4, -0.2) is 28.9 Å². The zero-order valence-electron chi connectivity index (χ0n) is 6.73. The Labute approximate surface area is 74.5 Å². The minimum Gasteiger partial charge on any atom is -0.393 e. The molecular formula is C7H11NO3S. The maximum absolute atomic E-state index is 9.16. The van der Waals surface area contributed by atoms with E-state index in [4.69, 9.17) is 14.9 Å². The first kappa shape index (κ1) is 9.60. The molecule has 0 aliphatic heterocycles. The van der Waals surface area contributed by atoms with Gasteiger partial charge in [-0.2, -0.15) is 0 Å². The lowest BCUT2D eigenvalue weighted by Crippen LogP contribution is -2.02. The Morgan fingerprint density at radius 1 is 1.75 bits per heavy atom. The molecular weight excluding hydrogens is 178 g/mol. The molecule has 0 bridgehead atoms. The third-order valence-corrected chi connectivity index (χ3v) is 2.19. The van der Waals surface area contributed by atoms with Crippen molar-refractivity contribution in [2.75, 3.05) is 13.7 Å². The van der Waals surface area contributed by atoms with Crippen LogP contribution in [0, 0.1) is 0 Å². The first-order chi connectivity index (χ1) is 5.77. The van der Waals surface area contributed by atoms with Crippen LogP contribution in [0.1, 0.15) is 16.8 Å². The Bertz CT molecular complexity index is 238. The second-order valence-electron chi connectivity index (χ2n) is 2.30. The highest BCUT2D eigenvalue weighted by atomic mass is 32.1. The zero-order valence-corrected chi connectivity index (χ0v) is 7.54. The lowest BCUT2D eigenvalue weighted by Gasteiger charge is -2.00. The summed E-state index contributed by atoms with van der Waals surface area (Å²) < 4.78 is 4.86. The van der Waals surface area contributed by atoms with Gasteiger partial charge in [0.2, 0.25) is 0 Å². The van der Waals surface area contributed by atoms with Gasteiger partial charge in [0.25, 0.3) is 0 Å². The summed E-state index contributed by atoms with van der Waals surface area (Å²) in [5, 5.41) is 20.3. The van der Waals surface area contributed by atoms with Gasteiger partial charge < -0.3 is 14.9 Å². The number of thiazole rings is 1. The predicted octanol–water partition coefficient (Wildman–Crippen LogP) is 0.315. The fraction of sp³-hybridized carbons (Fsp3) is 0.571. The highest BCUT2D eigenvalue weighted by molar-refractivity contribution is 7.09. The van der Waals surface area contributed by atoms with Gasteiger partial charge in [0, 0.05) is 12.5 Å². The lowest BCUT2D eigenvalue weighted by molar-refractivity contribution is 0.0922. The molecule has 1 aromatic heterocycles. The molecule has 1 aromatic rings. The summed E-state index contributed by atoms with van der Waals surface area (Å²) in [5.74, 6) is 0. The predicted molar refractivity (Wildman–Crippen MR) is 44.9 cm³/mol. The minimum absolute atomic E-state index is 0.295. The van der Waals surface area contributed by atoms with E-state index in [0.29, 0.717) is 12.3 Å². The number of aliphatic hydroxyl groups excluding tert-OH is 2. The zero-order chi connectivity index (χ0) is 8.97. The molecule has 4 nitrogen and oxygen atoms in total. The second-order valence-corrected chi connectivity index (χ2v) is 3.24. The summed E-state index contributed by atoms with van der Waals surface area (Å²) in [4.78, 5) is 4.05. The van der Waals surface area contributed by atoms with Crippen LogP contribution in [0.3, 0.4) is 0 Å². The molecule has 0 spiro atoms. The van der Waals surface area contributed by atoms with Crippen molar-refractivity contribution in [1.29, 1.82) is 0 Å². The Balaban J connectivity index is 2.63. The van der Waals surface area contributed by atoms with Crippen molar-refractivity contribution in [3.05, 3.63) is 16.1 Å². The van der Waals surface area contributed by atoms with E-state index >= 15 is 0 Å². The van der Waals surface area contributed by atoms with Gasteiger partial charge in [0.05, 0.1) is 18.9 Å². The quantitative estimate of drug-likeness (QED) is 0.715. The lowest BCUT2D eigenvalue weighted by atomic mass is 10.3. The number of aromatic nitrogens is 1. The molecule has 0 radical (unpaired) electrons. The van der Waals surface area contributed by atoms with E-state index in [1.807, 2.05) is 0 Å². The molecule has 12 heavy (non-hydrogen) atoms. The van der Waals surface area contributed by atoms with E-state index in [2.05, 4.69) is 4.98 Å². The fourth-order valence-electron chi connectivity index (χ4n) is 0.761. The third-order valence-electron chi connectivity index (χ3n) is 1.35. The fourth-order valence-corrected chi connectivity index (χ4v) is 1.57. The molecule has 1 rings (SSSR count). The van der Waals surface area contributed by atoms with Gasteiger partial charge in [-0.25, -0.2) is 4.98 Å². The third kappa shape index (κ3) is 2.25. The normalized spacial score (nSPS) is 13.2. The Kier molecular flexibility index (Phi) is 3.61.